The van der Waals surface area contributed by atoms with Crippen molar-refractivity contribution < 1.29 is 14.3 Å². The van der Waals surface area contributed by atoms with E-state index in [1.165, 1.54) is 7.11 Å². The summed E-state index contributed by atoms with van der Waals surface area (Å²) in [7, 11) is 1.31. The van der Waals surface area contributed by atoms with Crippen molar-refractivity contribution in [1.82, 2.24) is 5.32 Å². The minimum Gasteiger partial charge on any atom is -0.468 e. The number of Topliss-reactive ketones (excluding diaryl/α,β-unsaturated/α-hetero) is 1. The molecule has 15 heavy (non-hydrogen) atoms. The van der Waals surface area contributed by atoms with Gasteiger partial charge in [0, 0.05) is 17.5 Å². The van der Waals surface area contributed by atoms with E-state index in [0.717, 1.165) is 0 Å². The van der Waals surface area contributed by atoms with E-state index in [1.807, 2.05) is 27.7 Å². The molecule has 0 radical (unpaired) electrons. The Morgan fingerprint density at radius 1 is 1.40 bits per heavy atom. The number of nitrogens with one attached hydrogen (secondary N) is 1. The van der Waals surface area contributed by atoms with Crippen molar-refractivity contribution in [2.45, 2.75) is 45.2 Å². The van der Waals surface area contributed by atoms with E-state index in [1.54, 1.807) is 0 Å². The van der Waals surface area contributed by atoms with Gasteiger partial charge in [0.2, 0.25) is 0 Å². The number of carbonyl (C=O) groups excluding carboxylic acids is 2. The number of hydrogen-bond donors (Lipinski definition) is 1. The molecule has 1 N–H and O–H groups in total. The monoisotopic (exact) mass is 213 g/mol. The lowest BCUT2D eigenvalue weighted by Crippen LogP contribution is -2.65. The highest BCUT2D eigenvalue weighted by Gasteiger charge is 2.49. The second-order valence-electron chi connectivity index (χ2n) is 5.33. The molecule has 0 saturated carbocycles. The first-order valence-electron chi connectivity index (χ1n) is 5.09. The van der Waals surface area contributed by atoms with Gasteiger partial charge in [-0.2, -0.15) is 0 Å². The van der Waals surface area contributed by atoms with Gasteiger partial charge in [-0.1, -0.05) is 0 Å². The maximum absolute atomic E-state index is 11.9. The van der Waals surface area contributed by atoms with Crippen LogP contribution in [-0.2, 0) is 14.3 Å². The lowest BCUT2D eigenvalue weighted by Gasteiger charge is -2.45. The summed E-state index contributed by atoms with van der Waals surface area (Å²) < 4.78 is 4.66. The Labute approximate surface area is 90.4 Å². The van der Waals surface area contributed by atoms with Crippen molar-refractivity contribution in [3.05, 3.63) is 0 Å². The molecule has 4 nitrogen and oxygen atoms in total. The number of ketones is 1. The van der Waals surface area contributed by atoms with Gasteiger partial charge in [0.25, 0.3) is 0 Å². The minimum atomic E-state index is -0.699. The highest BCUT2D eigenvalue weighted by molar-refractivity contribution is 6.01. The first kappa shape index (κ1) is 12.2. The Bertz CT molecular complexity index is 294. The van der Waals surface area contributed by atoms with Gasteiger partial charge in [0.15, 0.2) is 5.78 Å². The minimum absolute atomic E-state index is 0.0457. The summed E-state index contributed by atoms with van der Waals surface area (Å²) in [5, 5.41) is 3.31. The number of rotatable bonds is 1. The summed E-state index contributed by atoms with van der Waals surface area (Å²) in [5.74, 6) is -1.20. The lowest BCUT2D eigenvalue weighted by atomic mass is 9.74. The maximum atomic E-state index is 11.9. The topological polar surface area (TPSA) is 55.4 Å². The van der Waals surface area contributed by atoms with Crippen LogP contribution in [0.4, 0.5) is 0 Å². The average Bonchev–Trinajstić information content (AvgIpc) is 1.97. The fourth-order valence-corrected chi connectivity index (χ4v) is 2.47. The fraction of sp³-hybridized carbons (Fsp3) is 0.818. The third kappa shape index (κ3) is 2.37. The van der Waals surface area contributed by atoms with E-state index in [4.69, 9.17) is 0 Å². The molecular weight excluding hydrogens is 194 g/mol. The predicted octanol–water partition coefficient (Wildman–Crippen LogP) is 0.895. The summed E-state index contributed by atoms with van der Waals surface area (Å²) in [4.78, 5) is 23.4. The molecule has 0 aliphatic carbocycles. The third-order valence-corrected chi connectivity index (χ3v) is 2.76. The third-order valence-electron chi connectivity index (χ3n) is 2.76. The molecule has 1 aliphatic rings. The van der Waals surface area contributed by atoms with Crippen LogP contribution in [0.1, 0.15) is 34.1 Å². The lowest BCUT2D eigenvalue weighted by molar-refractivity contribution is -0.155. The number of ether oxygens (including phenoxy) is 1. The summed E-state index contributed by atoms with van der Waals surface area (Å²) >= 11 is 0. The zero-order valence-corrected chi connectivity index (χ0v) is 10.0. The SMILES string of the molecule is COC(=O)[C@H]1C(=O)CC(C)(C)NC1(C)C. The van der Waals surface area contributed by atoms with Crippen molar-refractivity contribution in [1.29, 1.82) is 0 Å². The molecule has 1 atom stereocenters. The molecule has 86 valence electrons. The number of methoxy groups -OCH3 is 1. The van der Waals surface area contributed by atoms with E-state index >= 15 is 0 Å². The highest BCUT2D eigenvalue weighted by atomic mass is 16.5. The second-order valence-corrected chi connectivity index (χ2v) is 5.33. The van der Waals surface area contributed by atoms with Gasteiger partial charge < -0.3 is 10.1 Å². The Kier molecular flexibility index (Phi) is 2.92. The summed E-state index contributed by atoms with van der Waals surface area (Å²) in [5.41, 5.74) is -0.809. The molecule has 0 amide bonds. The maximum Gasteiger partial charge on any atom is 0.318 e. The largest absolute Gasteiger partial charge is 0.468 e. The van der Waals surface area contributed by atoms with Crippen LogP contribution < -0.4 is 5.32 Å². The first-order valence-corrected chi connectivity index (χ1v) is 5.09. The second kappa shape index (κ2) is 3.59. The van der Waals surface area contributed by atoms with Gasteiger partial charge in [-0.3, -0.25) is 9.59 Å². The van der Waals surface area contributed by atoms with E-state index in [-0.39, 0.29) is 11.3 Å². The number of carbonyl (C=O) groups is 2. The first-order chi connectivity index (χ1) is 6.69. The fourth-order valence-electron chi connectivity index (χ4n) is 2.47. The van der Waals surface area contributed by atoms with E-state index in [0.29, 0.717) is 6.42 Å². The Hall–Kier alpha value is -0.900. The van der Waals surface area contributed by atoms with Crippen molar-refractivity contribution >= 4 is 11.8 Å². The molecule has 0 aromatic heterocycles. The average molecular weight is 213 g/mol. The number of piperidine rings is 1. The predicted molar refractivity (Wildman–Crippen MR) is 56.4 cm³/mol. The van der Waals surface area contributed by atoms with Gasteiger partial charge >= 0.3 is 5.97 Å². The quantitative estimate of drug-likeness (QED) is 0.519. The zero-order chi connectivity index (χ0) is 11.9. The molecule has 0 spiro atoms. The molecule has 0 aromatic carbocycles. The molecule has 1 rings (SSSR count). The molecule has 0 aromatic rings. The Morgan fingerprint density at radius 2 is 1.93 bits per heavy atom. The van der Waals surface area contributed by atoms with Crippen LogP contribution in [0, 0.1) is 5.92 Å². The van der Waals surface area contributed by atoms with Crippen LogP contribution in [0.25, 0.3) is 0 Å². The zero-order valence-electron chi connectivity index (χ0n) is 10.0. The summed E-state index contributed by atoms with van der Waals surface area (Å²) in [6.07, 6.45) is 0.357. The summed E-state index contributed by atoms with van der Waals surface area (Å²) in [6.45, 7) is 7.63. The number of hydrogen-bond acceptors (Lipinski definition) is 4. The molecule has 0 bridgehead atoms. The van der Waals surface area contributed by atoms with Crippen LogP contribution in [0.3, 0.4) is 0 Å². The van der Waals surface area contributed by atoms with Gasteiger partial charge in [-0.05, 0) is 27.7 Å². The van der Waals surface area contributed by atoms with Crippen molar-refractivity contribution in [3.63, 3.8) is 0 Å². The molecule has 1 aliphatic heterocycles. The van der Waals surface area contributed by atoms with Crippen molar-refractivity contribution in [3.8, 4) is 0 Å². The van der Waals surface area contributed by atoms with E-state index < -0.39 is 17.4 Å². The number of esters is 1. The van der Waals surface area contributed by atoms with Crippen molar-refractivity contribution in [2.24, 2.45) is 5.92 Å². The van der Waals surface area contributed by atoms with Gasteiger partial charge in [-0.25, -0.2) is 0 Å². The smallest absolute Gasteiger partial charge is 0.318 e. The van der Waals surface area contributed by atoms with Crippen LogP contribution >= 0.6 is 0 Å². The van der Waals surface area contributed by atoms with Crippen LogP contribution in [0.2, 0.25) is 0 Å². The Morgan fingerprint density at radius 3 is 2.33 bits per heavy atom. The molecule has 0 unspecified atom stereocenters. The molecular formula is C11H19NO3. The van der Waals surface area contributed by atoms with E-state index in [9.17, 15) is 9.59 Å². The normalized spacial score (nSPS) is 28.6. The summed E-state index contributed by atoms with van der Waals surface area (Å²) in [6, 6.07) is 0. The standard InChI is InChI=1S/C11H19NO3/c1-10(2)6-7(13)8(9(14)15-5)11(3,4)12-10/h8,12H,6H2,1-5H3/t8-/m1/s1. The van der Waals surface area contributed by atoms with E-state index in [2.05, 4.69) is 10.1 Å². The molecule has 1 fully saturated rings. The van der Waals surface area contributed by atoms with Crippen LogP contribution in [0.15, 0.2) is 0 Å². The van der Waals surface area contributed by atoms with Crippen LogP contribution in [0.5, 0.6) is 0 Å². The van der Waals surface area contributed by atoms with Gasteiger partial charge in [0.1, 0.15) is 5.92 Å². The molecule has 1 saturated heterocycles. The molecule has 1 heterocycles. The Balaban J connectivity index is 2.99. The highest BCUT2D eigenvalue weighted by Crippen LogP contribution is 2.31. The van der Waals surface area contributed by atoms with Crippen molar-refractivity contribution in [2.75, 3.05) is 7.11 Å². The molecule has 4 heteroatoms. The van der Waals surface area contributed by atoms with Gasteiger partial charge in [-0.15, -0.1) is 0 Å². The van der Waals surface area contributed by atoms with Gasteiger partial charge in [0.05, 0.1) is 7.11 Å². The van der Waals surface area contributed by atoms with Crippen LogP contribution in [-0.4, -0.2) is 29.9 Å².